The van der Waals surface area contributed by atoms with E-state index < -0.39 is 5.95 Å². The average molecular weight is 210 g/mol. The van der Waals surface area contributed by atoms with Crippen LogP contribution in [-0.2, 0) is 0 Å². The zero-order valence-electron chi connectivity index (χ0n) is 9.13. The van der Waals surface area contributed by atoms with Gasteiger partial charge in [-0.05, 0) is 0 Å². The predicted octanol–water partition coefficient (Wildman–Crippen LogP) is 2.55. The van der Waals surface area contributed by atoms with Gasteiger partial charge >= 0.3 is 0 Å². The Kier molecular flexibility index (Phi) is 4.03. The molecule has 4 nitrogen and oxygen atoms in total. The molecule has 2 heterocycles. The largest absolute Gasteiger partial charge is 0.372 e. The minimum atomic E-state index is -0.401. The van der Waals surface area contributed by atoms with Gasteiger partial charge in [-0.1, -0.05) is 20.3 Å². The van der Waals surface area contributed by atoms with Crippen molar-refractivity contribution < 1.29 is 4.39 Å². The molecule has 0 atom stereocenters. The Balaban J connectivity index is 0.000000337. The molecule has 0 fully saturated rings. The van der Waals surface area contributed by atoms with Crippen molar-refractivity contribution in [1.29, 1.82) is 0 Å². The molecule has 0 bridgehead atoms. The first-order chi connectivity index (χ1) is 7.22. The van der Waals surface area contributed by atoms with Gasteiger partial charge in [0.1, 0.15) is 17.8 Å². The highest BCUT2D eigenvalue weighted by Gasteiger charge is 2.05. The Morgan fingerprint density at radius 3 is 2.67 bits per heavy atom. The highest BCUT2D eigenvalue weighted by Crippen LogP contribution is 2.18. The van der Waals surface area contributed by atoms with E-state index in [1.54, 1.807) is 7.05 Å². The van der Waals surface area contributed by atoms with E-state index in [0.29, 0.717) is 16.9 Å². The van der Waals surface area contributed by atoms with Gasteiger partial charge in [0, 0.05) is 13.1 Å². The number of nitrogens with one attached hydrogen (secondary N) is 2. The van der Waals surface area contributed by atoms with Crippen LogP contribution in [0.15, 0.2) is 12.4 Å². The fourth-order valence-corrected chi connectivity index (χ4v) is 1.11. The maximum Gasteiger partial charge on any atom is 0.193 e. The summed E-state index contributed by atoms with van der Waals surface area (Å²) in [5, 5.41) is 3.51. The molecular formula is C10H15FN4. The van der Waals surface area contributed by atoms with Gasteiger partial charge in [0.15, 0.2) is 5.95 Å². The lowest BCUT2D eigenvalue weighted by atomic mass is 10.4. The fourth-order valence-electron chi connectivity index (χ4n) is 1.11. The van der Waals surface area contributed by atoms with Crippen molar-refractivity contribution in [2.75, 3.05) is 12.4 Å². The summed E-state index contributed by atoms with van der Waals surface area (Å²) in [4.78, 5) is 10.3. The van der Waals surface area contributed by atoms with Crippen molar-refractivity contribution in [1.82, 2.24) is 15.0 Å². The first-order valence-electron chi connectivity index (χ1n) is 4.89. The second kappa shape index (κ2) is 5.29. The van der Waals surface area contributed by atoms with E-state index in [0.717, 1.165) is 0 Å². The molecule has 2 aromatic heterocycles. The van der Waals surface area contributed by atoms with Gasteiger partial charge in [-0.2, -0.15) is 4.39 Å². The maximum atomic E-state index is 12.7. The van der Waals surface area contributed by atoms with Crippen LogP contribution >= 0.6 is 0 Å². The number of anilines is 1. The zero-order valence-corrected chi connectivity index (χ0v) is 9.13. The lowest BCUT2D eigenvalue weighted by Gasteiger charge is -1.97. The molecule has 2 N–H and O–H groups in total. The predicted molar refractivity (Wildman–Crippen MR) is 59.4 cm³/mol. The number of hydrogen-bond donors (Lipinski definition) is 2. The molecule has 0 aliphatic carbocycles. The standard InChI is InChI=1S/C7H7FN4.C3H8/c1-9-6-4-2-5(8)12-7(4)11-3-10-6;1-3-2/h2-3H,1H3,(H2,9,10,11,12);3H2,1-2H3. The molecule has 0 aromatic carbocycles. The molecule has 5 heteroatoms. The number of aromatic nitrogens is 3. The number of H-pyrrole nitrogens is 1. The molecule has 0 saturated carbocycles. The van der Waals surface area contributed by atoms with Gasteiger partial charge in [0.05, 0.1) is 5.39 Å². The molecule has 0 spiro atoms. The summed E-state index contributed by atoms with van der Waals surface area (Å²) >= 11 is 0. The van der Waals surface area contributed by atoms with Crippen LogP contribution in [0.1, 0.15) is 20.3 Å². The van der Waals surface area contributed by atoms with Crippen molar-refractivity contribution in [3.63, 3.8) is 0 Å². The first-order valence-corrected chi connectivity index (χ1v) is 4.89. The monoisotopic (exact) mass is 210 g/mol. The Hall–Kier alpha value is -1.65. The smallest absolute Gasteiger partial charge is 0.193 e. The van der Waals surface area contributed by atoms with Crippen molar-refractivity contribution >= 4 is 16.9 Å². The van der Waals surface area contributed by atoms with E-state index in [4.69, 9.17) is 0 Å². The summed E-state index contributed by atoms with van der Waals surface area (Å²) in [5.74, 6) is 0.224. The molecule has 2 aromatic rings. The van der Waals surface area contributed by atoms with Crippen LogP contribution in [0.25, 0.3) is 11.0 Å². The van der Waals surface area contributed by atoms with E-state index in [1.165, 1.54) is 18.8 Å². The van der Waals surface area contributed by atoms with Crippen molar-refractivity contribution in [3.8, 4) is 0 Å². The van der Waals surface area contributed by atoms with Crippen LogP contribution in [0.4, 0.5) is 10.2 Å². The molecular weight excluding hydrogens is 195 g/mol. The highest BCUT2D eigenvalue weighted by molar-refractivity contribution is 5.86. The van der Waals surface area contributed by atoms with Gasteiger partial charge < -0.3 is 10.3 Å². The Bertz CT molecular complexity index is 424. The van der Waals surface area contributed by atoms with Gasteiger partial charge in [0.25, 0.3) is 0 Å². The minimum absolute atomic E-state index is 0.401. The van der Waals surface area contributed by atoms with Crippen molar-refractivity contribution in [2.24, 2.45) is 0 Å². The van der Waals surface area contributed by atoms with E-state index >= 15 is 0 Å². The zero-order chi connectivity index (χ0) is 11.3. The quantitative estimate of drug-likeness (QED) is 0.760. The molecule has 0 aliphatic rings. The Labute approximate surface area is 87.9 Å². The molecule has 2 rings (SSSR count). The topological polar surface area (TPSA) is 53.6 Å². The lowest BCUT2D eigenvalue weighted by Crippen LogP contribution is -1.92. The number of aromatic amines is 1. The molecule has 0 unspecified atom stereocenters. The molecule has 0 amide bonds. The van der Waals surface area contributed by atoms with E-state index in [1.807, 2.05) is 0 Å². The van der Waals surface area contributed by atoms with Crippen LogP contribution in [0.2, 0.25) is 0 Å². The second-order valence-corrected chi connectivity index (χ2v) is 3.06. The van der Waals surface area contributed by atoms with Crippen LogP contribution in [0, 0.1) is 5.95 Å². The summed E-state index contributed by atoms with van der Waals surface area (Å²) in [6, 6.07) is 1.36. The highest BCUT2D eigenvalue weighted by atomic mass is 19.1. The fraction of sp³-hybridized carbons (Fsp3) is 0.400. The van der Waals surface area contributed by atoms with E-state index in [9.17, 15) is 4.39 Å². The van der Waals surface area contributed by atoms with Gasteiger partial charge in [-0.3, -0.25) is 0 Å². The number of rotatable bonds is 1. The summed E-state index contributed by atoms with van der Waals surface area (Å²) in [6.45, 7) is 4.25. The summed E-state index contributed by atoms with van der Waals surface area (Å²) in [7, 11) is 1.73. The van der Waals surface area contributed by atoms with E-state index in [2.05, 4.69) is 34.1 Å². The third-order valence-corrected chi connectivity index (χ3v) is 1.63. The third kappa shape index (κ3) is 2.65. The molecule has 15 heavy (non-hydrogen) atoms. The normalized spacial score (nSPS) is 9.60. The second-order valence-electron chi connectivity index (χ2n) is 3.06. The van der Waals surface area contributed by atoms with Crippen LogP contribution in [-0.4, -0.2) is 22.0 Å². The molecule has 0 saturated heterocycles. The minimum Gasteiger partial charge on any atom is -0.372 e. The van der Waals surface area contributed by atoms with Crippen LogP contribution < -0.4 is 5.32 Å². The molecule has 0 radical (unpaired) electrons. The van der Waals surface area contributed by atoms with Crippen molar-refractivity contribution in [3.05, 3.63) is 18.3 Å². The third-order valence-electron chi connectivity index (χ3n) is 1.63. The summed E-state index contributed by atoms with van der Waals surface area (Å²) in [6.07, 6.45) is 2.63. The van der Waals surface area contributed by atoms with E-state index in [-0.39, 0.29) is 0 Å². The van der Waals surface area contributed by atoms with Crippen molar-refractivity contribution in [2.45, 2.75) is 20.3 Å². The van der Waals surface area contributed by atoms with Crippen LogP contribution in [0.5, 0.6) is 0 Å². The number of halogens is 1. The lowest BCUT2D eigenvalue weighted by molar-refractivity contribution is 0.594. The number of nitrogens with zero attached hydrogens (tertiary/aromatic N) is 2. The van der Waals surface area contributed by atoms with Gasteiger partial charge in [-0.25, -0.2) is 9.97 Å². The summed E-state index contributed by atoms with van der Waals surface area (Å²) in [5.41, 5.74) is 0.506. The molecule has 82 valence electrons. The van der Waals surface area contributed by atoms with Crippen LogP contribution in [0.3, 0.4) is 0 Å². The number of hydrogen-bond acceptors (Lipinski definition) is 3. The number of fused-ring (bicyclic) bond motifs is 1. The first kappa shape index (κ1) is 11.4. The average Bonchev–Trinajstić information content (AvgIpc) is 2.58. The Morgan fingerprint density at radius 1 is 1.40 bits per heavy atom. The molecule has 0 aliphatic heterocycles. The SMILES string of the molecule is CCC.CNc1ncnc2[nH]c(F)cc12. The summed E-state index contributed by atoms with van der Waals surface area (Å²) < 4.78 is 12.7. The van der Waals surface area contributed by atoms with Gasteiger partial charge in [0.2, 0.25) is 0 Å². The van der Waals surface area contributed by atoms with Gasteiger partial charge in [-0.15, -0.1) is 0 Å². The Morgan fingerprint density at radius 2 is 2.07 bits per heavy atom. The maximum absolute atomic E-state index is 12.7.